The molecule has 1 saturated heterocycles. The Morgan fingerprint density at radius 2 is 2.08 bits per heavy atom. The summed E-state index contributed by atoms with van der Waals surface area (Å²) in [6, 6.07) is 12.6. The summed E-state index contributed by atoms with van der Waals surface area (Å²) in [5.74, 6) is 0.589. The Hall–Kier alpha value is -2.79. The van der Waals surface area contributed by atoms with E-state index in [0.717, 1.165) is 17.7 Å². The first-order chi connectivity index (χ1) is 12.6. The van der Waals surface area contributed by atoms with Gasteiger partial charge in [-0.15, -0.1) is 0 Å². The molecule has 26 heavy (non-hydrogen) atoms. The number of carbonyl (C=O) groups is 2. The third kappa shape index (κ3) is 3.30. The molecule has 0 atom stereocenters. The second kappa shape index (κ2) is 6.84. The van der Waals surface area contributed by atoms with E-state index in [1.807, 2.05) is 18.2 Å². The summed E-state index contributed by atoms with van der Waals surface area (Å²) in [7, 11) is 0. The number of amides is 2. The molecule has 1 N–H and O–H groups in total. The SMILES string of the molecule is O=C(Nc1cccc(N2CCCC2=O)c1)C1=Cc2cc(Cl)ccc2OC1. The summed E-state index contributed by atoms with van der Waals surface area (Å²) >= 11 is 6.01. The molecule has 0 aliphatic carbocycles. The van der Waals surface area contributed by atoms with Gasteiger partial charge < -0.3 is 15.0 Å². The maximum Gasteiger partial charge on any atom is 0.255 e. The number of nitrogens with one attached hydrogen (secondary N) is 1. The summed E-state index contributed by atoms with van der Waals surface area (Å²) in [6.07, 6.45) is 3.22. The van der Waals surface area contributed by atoms with Crippen LogP contribution in [0.2, 0.25) is 5.02 Å². The van der Waals surface area contributed by atoms with Crippen LogP contribution in [0.25, 0.3) is 6.08 Å². The van der Waals surface area contributed by atoms with Crippen molar-refractivity contribution in [3.05, 3.63) is 58.6 Å². The number of carbonyl (C=O) groups excluding carboxylic acids is 2. The minimum absolute atomic E-state index is 0.116. The average molecular weight is 369 g/mol. The van der Waals surface area contributed by atoms with Crippen molar-refractivity contribution in [3.8, 4) is 5.75 Å². The van der Waals surface area contributed by atoms with Crippen LogP contribution in [0.5, 0.6) is 5.75 Å². The van der Waals surface area contributed by atoms with Crippen molar-refractivity contribution in [3.63, 3.8) is 0 Å². The number of ether oxygens (including phenoxy) is 1. The van der Waals surface area contributed by atoms with Gasteiger partial charge in [-0.05, 0) is 48.9 Å². The summed E-state index contributed by atoms with van der Waals surface area (Å²) in [5, 5.41) is 3.47. The zero-order chi connectivity index (χ0) is 18.1. The standard InChI is InChI=1S/C20H17ClN2O3/c21-15-6-7-18-13(10-15)9-14(12-26-18)20(25)22-16-3-1-4-17(11-16)23-8-2-5-19(23)24/h1,3-4,6-7,9-11H,2,5,8,12H2,(H,22,25). The van der Waals surface area contributed by atoms with Crippen LogP contribution in [0.4, 0.5) is 11.4 Å². The topological polar surface area (TPSA) is 58.6 Å². The zero-order valence-electron chi connectivity index (χ0n) is 14.0. The molecule has 4 rings (SSSR count). The molecule has 2 heterocycles. The Morgan fingerprint density at radius 1 is 1.19 bits per heavy atom. The van der Waals surface area contributed by atoms with E-state index in [1.165, 1.54) is 0 Å². The van der Waals surface area contributed by atoms with Gasteiger partial charge in [0.05, 0.1) is 5.57 Å². The van der Waals surface area contributed by atoms with Gasteiger partial charge in [0.2, 0.25) is 5.91 Å². The Bertz CT molecular complexity index is 923. The number of halogens is 1. The quantitative estimate of drug-likeness (QED) is 0.894. The molecule has 6 heteroatoms. The maximum absolute atomic E-state index is 12.6. The minimum atomic E-state index is -0.236. The predicted octanol–water partition coefficient (Wildman–Crippen LogP) is 3.88. The van der Waals surface area contributed by atoms with Crippen LogP contribution in [-0.4, -0.2) is 25.0 Å². The highest BCUT2D eigenvalue weighted by atomic mass is 35.5. The van der Waals surface area contributed by atoms with Gasteiger partial charge in [0.25, 0.3) is 5.91 Å². The van der Waals surface area contributed by atoms with Crippen LogP contribution in [0.3, 0.4) is 0 Å². The normalized spacial score (nSPS) is 16.0. The van der Waals surface area contributed by atoms with E-state index in [0.29, 0.717) is 35.0 Å². The van der Waals surface area contributed by atoms with Crippen molar-refractivity contribution in [1.82, 2.24) is 0 Å². The van der Waals surface area contributed by atoms with E-state index < -0.39 is 0 Å². The Kier molecular flexibility index (Phi) is 4.39. The van der Waals surface area contributed by atoms with Gasteiger partial charge in [-0.3, -0.25) is 9.59 Å². The van der Waals surface area contributed by atoms with Gasteiger partial charge in [0.15, 0.2) is 0 Å². The highest BCUT2D eigenvalue weighted by Gasteiger charge is 2.22. The number of hydrogen-bond acceptors (Lipinski definition) is 3. The molecule has 2 aromatic rings. The van der Waals surface area contributed by atoms with E-state index >= 15 is 0 Å². The van der Waals surface area contributed by atoms with Crippen molar-refractivity contribution >= 4 is 40.9 Å². The molecule has 1 fully saturated rings. The van der Waals surface area contributed by atoms with E-state index in [2.05, 4.69) is 5.32 Å². The largest absolute Gasteiger partial charge is 0.488 e. The van der Waals surface area contributed by atoms with Crippen molar-refractivity contribution in [2.75, 3.05) is 23.4 Å². The number of anilines is 2. The molecular weight excluding hydrogens is 352 g/mol. The van der Waals surface area contributed by atoms with E-state index in [9.17, 15) is 9.59 Å². The van der Waals surface area contributed by atoms with Crippen LogP contribution in [-0.2, 0) is 9.59 Å². The first-order valence-corrected chi connectivity index (χ1v) is 8.83. The van der Waals surface area contributed by atoms with Gasteiger partial charge in [0.1, 0.15) is 12.4 Å². The molecule has 0 radical (unpaired) electrons. The molecule has 2 aliphatic rings. The maximum atomic E-state index is 12.6. The second-order valence-electron chi connectivity index (χ2n) is 6.29. The van der Waals surface area contributed by atoms with E-state index in [4.69, 9.17) is 16.3 Å². The first-order valence-electron chi connectivity index (χ1n) is 8.45. The third-order valence-electron chi connectivity index (χ3n) is 4.47. The van der Waals surface area contributed by atoms with Crippen molar-refractivity contribution in [1.29, 1.82) is 0 Å². The van der Waals surface area contributed by atoms with Gasteiger partial charge in [-0.2, -0.15) is 0 Å². The van der Waals surface area contributed by atoms with Gasteiger partial charge in [-0.1, -0.05) is 17.7 Å². The van der Waals surface area contributed by atoms with Gasteiger partial charge in [-0.25, -0.2) is 0 Å². The fourth-order valence-electron chi connectivity index (χ4n) is 3.16. The molecule has 2 aromatic carbocycles. The third-order valence-corrected chi connectivity index (χ3v) is 4.70. The molecule has 2 amide bonds. The van der Waals surface area contributed by atoms with Crippen molar-refractivity contribution in [2.24, 2.45) is 0 Å². The van der Waals surface area contributed by atoms with Crippen LogP contribution >= 0.6 is 11.6 Å². The lowest BCUT2D eigenvalue weighted by Gasteiger charge is -2.19. The second-order valence-corrected chi connectivity index (χ2v) is 6.73. The molecule has 0 unspecified atom stereocenters. The lowest BCUT2D eigenvalue weighted by molar-refractivity contribution is -0.117. The summed E-state index contributed by atoms with van der Waals surface area (Å²) in [5.41, 5.74) is 2.74. The number of hydrogen-bond donors (Lipinski definition) is 1. The minimum Gasteiger partial charge on any atom is -0.488 e. The lowest BCUT2D eigenvalue weighted by Crippen LogP contribution is -2.24. The molecule has 0 bridgehead atoms. The Labute approximate surface area is 156 Å². The zero-order valence-corrected chi connectivity index (χ0v) is 14.8. The molecule has 0 aromatic heterocycles. The van der Waals surface area contributed by atoms with Crippen molar-refractivity contribution in [2.45, 2.75) is 12.8 Å². The first kappa shape index (κ1) is 16.7. The van der Waals surface area contributed by atoms with E-state index in [1.54, 1.807) is 35.2 Å². The number of fused-ring (bicyclic) bond motifs is 1. The number of benzene rings is 2. The Balaban J connectivity index is 1.53. The molecular formula is C20H17ClN2O3. The Morgan fingerprint density at radius 3 is 2.88 bits per heavy atom. The fourth-order valence-corrected chi connectivity index (χ4v) is 3.34. The number of rotatable bonds is 3. The average Bonchev–Trinajstić information content (AvgIpc) is 3.07. The summed E-state index contributed by atoms with van der Waals surface area (Å²) < 4.78 is 5.63. The summed E-state index contributed by atoms with van der Waals surface area (Å²) in [6.45, 7) is 0.914. The van der Waals surface area contributed by atoms with Crippen LogP contribution in [0.1, 0.15) is 18.4 Å². The molecule has 0 spiro atoms. The van der Waals surface area contributed by atoms with Crippen LogP contribution < -0.4 is 15.0 Å². The van der Waals surface area contributed by atoms with Crippen LogP contribution in [0, 0.1) is 0 Å². The van der Waals surface area contributed by atoms with Gasteiger partial charge >= 0.3 is 0 Å². The molecule has 0 saturated carbocycles. The smallest absolute Gasteiger partial charge is 0.255 e. The highest BCUT2D eigenvalue weighted by molar-refractivity contribution is 6.30. The van der Waals surface area contributed by atoms with Crippen molar-refractivity contribution < 1.29 is 14.3 Å². The van der Waals surface area contributed by atoms with Crippen LogP contribution in [0.15, 0.2) is 48.0 Å². The molecule has 5 nitrogen and oxygen atoms in total. The number of nitrogens with zero attached hydrogens (tertiary/aromatic N) is 1. The lowest BCUT2D eigenvalue weighted by atomic mass is 10.1. The summed E-state index contributed by atoms with van der Waals surface area (Å²) in [4.78, 5) is 26.2. The van der Waals surface area contributed by atoms with Gasteiger partial charge in [0, 0.05) is 34.9 Å². The monoisotopic (exact) mass is 368 g/mol. The fraction of sp³-hybridized carbons (Fsp3) is 0.200. The van der Waals surface area contributed by atoms with E-state index in [-0.39, 0.29) is 18.4 Å². The highest BCUT2D eigenvalue weighted by Crippen LogP contribution is 2.30. The molecule has 2 aliphatic heterocycles. The predicted molar refractivity (Wildman–Crippen MR) is 102 cm³/mol. The molecule has 132 valence electrons.